The molecule has 0 aromatic heterocycles. The van der Waals surface area contributed by atoms with Gasteiger partial charge in [-0.05, 0) is 18.1 Å². The van der Waals surface area contributed by atoms with Crippen LogP contribution in [0, 0.1) is 11.7 Å². The topological polar surface area (TPSA) is 64.4 Å². The van der Waals surface area contributed by atoms with Gasteiger partial charge in [0.05, 0.1) is 6.04 Å². The van der Waals surface area contributed by atoms with E-state index in [1.807, 2.05) is 0 Å². The minimum absolute atomic E-state index is 0. The number of carbonyl (C=O) groups excluding carboxylic acids is 1. The Hall–Kier alpha value is -1.47. The smallest absolute Gasteiger partial charge is 0.387 e. The van der Waals surface area contributed by atoms with Crippen molar-refractivity contribution >= 4 is 24.0 Å². The van der Waals surface area contributed by atoms with Gasteiger partial charge in [0, 0.05) is 11.8 Å². The third-order valence-corrected chi connectivity index (χ3v) is 2.44. The zero-order valence-corrected chi connectivity index (χ0v) is 11.7. The molecule has 4 nitrogen and oxygen atoms in total. The SMILES string of the molecule is CC(C)[C@@H](N)C(=O)Nc1ccc(OC(F)F)c(F)c1.Cl. The molecular weight excluding hydrogens is 297 g/mol. The van der Waals surface area contributed by atoms with E-state index in [1.165, 1.54) is 6.07 Å². The van der Waals surface area contributed by atoms with Gasteiger partial charge in [-0.2, -0.15) is 8.78 Å². The molecule has 1 atom stereocenters. The predicted molar refractivity (Wildman–Crippen MR) is 71.7 cm³/mol. The van der Waals surface area contributed by atoms with Crippen LogP contribution in [0.4, 0.5) is 18.9 Å². The Kier molecular flexibility index (Phi) is 7.38. The molecule has 0 aliphatic carbocycles. The van der Waals surface area contributed by atoms with Gasteiger partial charge >= 0.3 is 6.61 Å². The fourth-order valence-electron chi connectivity index (χ4n) is 1.30. The first-order chi connectivity index (χ1) is 8.81. The Morgan fingerprint density at radius 3 is 2.40 bits per heavy atom. The molecule has 0 heterocycles. The number of amides is 1. The van der Waals surface area contributed by atoms with Crippen molar-refractivity contribution in [2.45, 2.75) is 26.5 Å². The van der Waals surface area contributed by atoms with E-state index in [9.17, 15) is 18.0 Å². The van der Waals surface area contributed by atoms with Crippen LogP contribution in [0.3, 0.4) is 0 Å². The summed E-state index contributed by atoms with van der Waals surface area (Å²) in [6.07, 6.45) is 0. The minimum atomic E-state index is -3.11. The molecule has 8 heteroatoms. The number of hydrogen-bond donors (Lipinski definition) is 2. The maximum atomic E-state index is 13.4. The van der Waals surface area contributed by atoms with Crippen LogP contribution in [0.2, 0.25) is 0 Å². The van der Waals surface area contributed by atoms with Crippen molar-refractivity contribution in [1.82, 2.24) is 0 Å². The first kappa shape index (κ1) is 18.5. The number of anilines is 1. The number of alkyl halides is 2. The molecule has 1 aromatic carbocycles. The average Bonchev–Trinajstić information content (AvgIpc) is 2.31. The Morgan fingerprint density at radius 1 is 1.35 bits per heavy atom. The second-order valence-electron chi connectivity index (χ2n) is 4.28. The molecule has 0 unspecified atom stereocenters. The van der Waals surface area contributed by atoms with Crippen molar-refractivity contribution < 1.29 is 22.7 Å². The van der Waals surface area contributed by atoms with Gasteiger partial charge in [-0.1, -0.05) is 13.8 Å². The van der Waals surface area contributed by atoms with E-state index < -0.39 is 30.1 Å². The Morgan fingerprint density at radius 2 is 1.95 bits per heavy atom. The van der Waals surface area contributed by atoms with Crippen LogP contribution >= 0.6 is 12.4 Å². The number of rotatable bonds is 5. The van der Waals surface area contributed by atoms with Crippen LogP contribution in [0.25, 0.3) is 0 Å². The second-order valence-corrected chi connectivity index (χ2v) is 4.28. The number of nitrogens with two attached hydrogens (primary N) is 1. The summed E-state index contributed by atoms with van der Waals surface area (Å²) < 4.78 is 41.2. The third kappa shape index (κ3) is 5.26. The zero-order valence-electron chi connectivity index (χ0n) is 10.9. The summed E-state index contributed by atoms with van der Waals surface area (Å²) >= 11 is 0. The molecule has 0 fully saturated rings. The van der Waals surface area contributed by atoms with Crippen molar-refractivity contribution in [3.8, 4) is 5.75 Å². The molecule has 1 amide bonds. The highest BCUT2D eigenvalue weighted by Gasteiger charge is 2.18. The number of nitrogens with one attached hydrogen (secondary N) is 1. The summed E-state index contributed by atoms with van der Waals surface area (Å²) in [6.45, 7) is 0.429. The molecule has 0 aliphatic rings. The van der Waals surface area contributed by atoms with Crippen LogP contribution in [-0.4, -0.2) is 18.6 Å². The normalized spacial score (nSPS) is 12.0. The Balaban J connectivity index is 0.00000361. The van der Waals surface area contributed by atoms with Gasteiger partial charge < -0.3 is 15.8 Å². The monoisotopic (exact) mass is 312 g/mol. The molecule has 1 aromatic rings. The standard InChI is InChI=1S/C12H15F3N2O2.ClH/c1-6(2)10(16)11(18)17-7-3-4-9(8(13)5-7)19-12(14)15;/h3-6,10,12H,16H2,1-2H3,(H,17,18);1H/t10-;/m1./s1. The van der Waals surface area contributed by atoms with Gasteiger partial charge in [-0.3, -0.25) is 4.79 Å². The summed E-state index contributed by atoms with van der Waals surface area (Å²) in [5.41, 5.74) is 5.74. The molecule has 0 saturated carbocycles. The van der Waals surface area contributed by atoms with E-state index in [4.69, 9.17) is 5.73 Å². The molecule has 1 rings (SSSR count). The van der Waals surface area contributed by atoms with Crippen molar-refractivity contribution in [2.24, 2.45) is 11.7 Å². The largest absolute Gasteiger partial charge is 0.432 e. The fourth-order valence-corrected chi connectivity index (χ4v) is 1.30. The van der Waals surface area contributed by atoms with E-state index >= 15 is 0 Å². The average molecular weight is 313 g/mol. The lowest BCUT2D eigenvalue weighted by molar-refractivity contribution is -0.118. The molecule has 0 spiro atoms. The van der Waals surface area contributed by atoms with Crippen LogP contribution in [0.15, 0.2) is 18.2 Å². The van der Waals surface area contributed by atoms with Gasteiger partial charge in [-0.25, -0.2) is 4.39 Å². The lowest BCUT2D eigenvalue weighted by Crippen LogP contribution is -2.39. The summed E-state index contributed by atoms with van der Waals surface area (Å²) in [5.74, 6) is -2.12. The highest BCUT2D eigenvalue weighted by atomic mass is 35.5. The highest BCUT2D eigenvalue weighted by molar-refractivity contribution is 5.94. The number of carbonyl (C=O) groups is 1. The highest BCUT2D eigenvalue weighted by Crippen LogP contribution is 2.23. The number of benzene rings is 1. The zero-order chi connectivity index (χ0) is 14.6. The van der Waals surface area contributed by atoms with Gasteiger partial charge in [0.2, 0.25) is 5.91 Å². The second kappa shape index (κ2) is 7.96. The van der Waals surface area contributed by atoms with Gasteiger partial charge in [0.1, 0.15) is 0 Å². The van der Waals surface area contributed by atoms with Crippen LogP contribution in [0.1, 0.15) is 13.8 Å². The van der Waals surface area contributed by atoms with Crippen molar-refractivity contribution in [3.05, 3.63) is 24.0 Å². The molecule has 0 bridgehead atoms. The van der Waals surface area contributed by atoms with E-state index in [2.05, 4.69) is 10.1 Å². The number of halogens is 4. The summed E-state index contributed by atoms with van der Waals surface area (Å²) in [6, 6.07) is 2.42. The molecule has 3 N–H and O–H groups in total. The van der Waals surface area contributed by atoms with Gasteiger partial charge in [0.15, 0.2) is 11.6 Å². The lowest BCUT2D eigenvalue weighted by atomic mass is 10.0. The van der Waals surface area contributed by atoms with Crippen LogP contribution in [-0.2, 0) is 4.79 Å². The van der Waals surface area contributed by atoms with E-state index in [1.54, 1.807) is 13.8 Å². The Labute approximate surface area is 120 Å². The first-order valence-corrected chi connectivity index (χ1v) is 5.62. The van der Waals surface area contributed by atoms with Crippen molar-refractivity contribution in [2.75, 3.05) is 5.32 Å². The first-order valence-electron chi connectivity index (χ1n) is 5.62. The minimum Gasteiger partial charge on any atom is -0.432 e. The predicted octanol–water partition coefficient (Wildman–Crippen LogP) is 2.77. The number of hydrogen-bond acceptors (Lipinski definition) is 3. The maximum absolute atomic E-state index is 13.4. The summed E-state index contributed by atoms with van der Waals surface area (Å²) in [4.78, 5) is 11.6. The van der Waals surface area contributed by atoms with Crippen LogP contribution in [0.5, 0.6) is 5.75 Å². The fraction of sp³-hybridized carbons (Fsp3) is 0.417. The van der Waals surface area contributed by atoms with Crippen molar-refractivity contribution in [1.29, 1.82) is 0 Å². The molecule has 114 valence electrons. The molecule has 20 heavy (non-hydrogen) atoms. The van der Waals surface area contributed by atoms with Crippen molar-refractivity contribution in [3.63, 3.8) is 0 Å². The molecule has 0 saturated heterocycles. The van der Waals surface area contributed by atoms with E-state index in [0.717, 1.165) is 12.1 Å². The van der Waals surface area contributed by atoms with Gasteiger partial charge in [0.25, 0.3) is 0 Å². The molecular formula is C12H16ClF3N2O2. The third-order valence-electron chi connectivity index (χ3n) is 2.44. The van der Waals surface area contributed by atoms with E-state index in [0.29, 0.717) is 0 Å². The molecule has 0 aliphatic heterocycles. The summed E-state index contributed by atoms with van der Waals surface area (Å²) in [5, 5.41) is 2.40. The quantitative estimate of drug-likeness (QED) is 0.878. The van der Waals surface area contributed by atoms with Crippen LogP contribution < -0.4 is 15.8 Å². The number of ether oxygens (including phenoxy) is 1. The maximum Gasteiger partial charge on any atom is 0.387 e. The lowest BCUT2D eigenvalue weighted by Gasteiger charge is -2.15. The van der Waals surface area contributed by atoms with E-state index in [-0.39, 0.29) is 24.0 Å². The van der Waals surface area contributed by atoms with Gasteiger partial charge in [-0.15, -0.1) is 12.4 Å². The summed E-state index contributed by atoms with van der Waals surface area (Å²) in [7, 11) is 0. The molecule has 0 radical (unpaired) electrons. The Bertz CT molecular complexity index is 458.